The van der Waals surface area contributed by atoms with Crippen LogP contribution in [0.3, 0.4) is 0 Å². The third-order valence-electron chi connectivity index (χ3n) is 3.28. The summed E-state index contributed by atoms with van der Waals surface area (Å²) in [5.41, 5.74) is 1.32. The first-order valence-corrected chi connectivity index (χ1v) is 6.54. The fraction of sp³-hybridized carbons (Fsp3) is 0.667. The van der Waals surface area contributed by atoms with E-state index in [1.165, 1.54) is 18.4 Å². The van der Waals surface area contributed by atoms with Crippen LogP contribution < -0.4 is 5.32 Å². The normalized spacial score (nSPS) is 28.9. The summed E-state index contributed by atoms with van der Waals surface area (Å²) < 4.78 is 5.98. The topological polar surface area (TPSA) is 21.3 Å². The minimum atomic E-state index is -0.0337. The van der Waals surface area contributed by atoms with E-state index < -0.39 is 0 Å². The predicted octanol–water partition coefficient (Wildman–Crippen LogP) is 2.97. The average Bonchev–Trinajstić information content (AvgIpc) is 2.73. The van der Waals surface area contributed by atoms with Crippen molar-refractivity contribution in [2.24, 2.45) is 0 Å². The lowest BCUT2D eigenvalue weighted by atomic mass is 9.85. The molecule has 1 aliphatic heterocycles. The van der Waals surface area contributed by atoms with Gasteiger partial charge in [0.15, 0.2) is 0 Å². The Balaban J connectivity index is 2.18. The second kappa shape index (κ2) is 4.64. The van der Waals surface area contributed by atoms with E-state index in [1.807, 2.05) is 7.05 Å². The summed E-state index contributed by atoms with van der Waals surface area (Å²) in [6, 6.07) is 2.51. The Kier molecular flexibility index (Phi) is 3.44. The Labute approximate surface area is 95.6 Å². The first-order chi connectivity index (χ1) is 7.26. The summed E-state index contributed by atoms with van der Waals surface area (Å²) in [7, 11) is 2.02. The van der Waals surface area contributed by atoms with Gasteiger partial charge in [0.05, 0.1) is 11.6 Å². The van der Waals surface area contributed by atoms with E-state index in [2.05, 4.69) is 29.1 Å². The molecule has 2 unspecified atom stereocenters. The van der Waals surface area contributed by atoms with Crippen LogP contribution in [0, 0.1) is 0 Å². The van der Waals surface area contributed by atoms with Gasteiger partial charge in [0.2, 0.25) is 0 Å². The van der Waals surface area contributed by atoms with Crippen molar-refractivity contribution in [3.63, 3.8) is 0 Å². The molecule has 1 fully saturated rings. The minimum Gasteiger partial charge on any atom is -0.373 e. The molecule has 0 saturated carbocycles. The fourth-order valence-corrected chi connectivity index (χ4v) is 3.13. The molecule has 15 heavy (non-hydrogen) atoms. The molecule has 1 aliphatic rings. The molecular weight excluding hydrogens is 206 g/mol. The lowest BCUT2D eigenvalue weighted by Gasteiger charge is -2.40. The molecule has 0 amide bonds. The number of hydrogen-bond donors (Lipinski definition) is 1. The standard InChI is InChI=1S/C12H19NOS/c1-12(6-3-4-7-14-12)11(13-2)10-5-8-15-9-10/h5,8-9,11,13H,3-4,6-7H2,1-2H3. The van der Waals surface area contributed by atoms with Gasteiger partial charge < -0.3 is 10.1 Å². The molecule has 2 nitrogen and oxygen atoms in total. The molecule has 2 heterocycles. The van der Waals surface area contributed by atoms with E-state index in [0.717, 1.165) is 13.0 Å². The van der Waals surface area contributed by atoms with Gasteiger partial charge in [0.25, 0.3) is 0 Å². The number of thiophene rings is 1. The van der Waals surface area contributed by atoms with Gasteiger partial charge in [-0.3, -0.25) is 0 Å². The third-order valence-corrected chi connectivity index (χ3v) is 3.98. The zero-order valence-corrected chi connectivity index (χ0v) is 10.3. The van der Waals surface area contributed by atoms with Crippen LogP contribution in [0.25, 0.3) is 0 Å². The van der Waals surface area contributed by atoms with Gasteiger partial charge in [-0.25, -0.2) is 0 Å². The van der Waals surface area contributed by atoms with Crippen LogP contribution in [-0.2, 0) is 4.74 Å². The predicted molar refractivity (Wildman–Crippen MR) is 64.3 cm³/mol. The number of likely N-dealkylation sites (N-methyl/N-ethyl adjacent to an activating group) is 1. The van der Waals surface area contributed by atoms with Crippen LogP contribution in [0.15, 0.2) is 16.8 Å². The van der Waals surface area contributed by atoms with Gasteiger partial charge in [-0.2, -0.15) is 11.3 Å². The largest absolute Gasteiger partial charge is 0.373 e. The molecule has 3 heteroatoms. The Hall–Kier alpha value is -0.380. The molecule has 1 N–H and O–H groups in total. The van der Waals surface area contributed by atoms with Gasteiger partial charge in [0, 0.05) is 6.61 Å². The van der Waals surface area contributed by atoms with Crippen LogP contribution in [-0.4, -0.2) is 19.3 Å². The monoisotopic (exact) mass is 225 g/mol. The Bertz CT molecular complexity index is 291. The Morgan fingerprint density at radius 2 is 2.40 bits per heavy atom. The highest BCUT2D eigenvalue weighted by Crippen LogP contribution is 2.36. The summed E-state index contributed by atoms with van der Waals surface area (Å²) in [4.78, 5) is 0. The smallest absolute Gasteiger partial charge is 0.0848 e. The molecule has 1 aromatic rings. The Morgan fingerprint density at radius 1 is 1.53 bits per heavy atom. The van der Waals surface area contributed by atoms with Crippen molar-refractivity contribution < 1.29 is 4.74 Å². The maximum atomic E-state index is 5.98. The molecule has 1 aromatic heterocycles. The van der Waals surface area contributed by atoms with E-state index >= 15 is 0 Å². The molecule has 0 aromatic carbocycles. The lowest BCUT2D eigenvalue weighted by molar-refractivity contribution is -0.0883. The molecule has 84 valence electrons. The van der Waals surface area contributed by atoms with E-state index in [0.29, 0.717) is 6.04 Å². The highest BCUT2D eigenvalue weighted by molar-refractivity contribution is 7.07. The van der Waals surface area contributed by atoms with Gasteiger partial charge in [-0.15, -0.1) is 0 Å². The van der Waals surface area contributed by atoms with Crippen LogP contribution in [0.2, 0.25) is 0 Å². The van der Waals surface area contributed by atoms with E-state index in [9.17, 15) is 0 Å². The van der Waals surface area contributed by atoms with Gasteiger partial charge in [0.1, 0.15) is 0 Å². The highest BCUT2D eigenvalue weighted by atomic mass is 32.1. The summed E-state index contributed by atoms with van der Waals surface area (Å²) in [5, 5.41) is 7.74. The van der Waals surface area contributed by atoms with Crippen LogP contribution in [0.4, 0.5) is 0 Å². The van der Waals surface area contributed by atoms with Crippen LogP contribution >= 0.6 is 11.3 Å². The lowest BCUT2D eigenvalue weighted by Crippen LogP contribution is -2.44. The second-order valence-electron chi connectivity index (χ2n) is 4.40. The van der Waals surface area contributed by atoms with Crippen molar-refractivity contribution in [1.82, 2.24) is 5.32 Å². The SMILES string of the molecule is CNC(c1ccsc1)C1(C)CCCCO1. The van der Waals surface area contributed by atoms with E-state index in [-0.39, 0.29) is 5.60 Å². The molecule has 0 aliphatic carbocycles. The molecular formula is C12H19NOS. The molecule has 1 saturated heterocycles. The number of rotatable bonds is 3. The summed E-state index contributed by atoms with van der Waals surface area (Å²) >= 11 is 1.75. The zero-order chi connectivity index (χ0) is 10.7. The third kappa shape index (κ3) is 2.25. The van der Waals surface area contributed by atoms with Crippen molar-refractivity contribution in [1.29, 1.82) is 0 Å². The minimum absolute atomic E-state index is 0.0337. The molecule has 2 atom stereocenters. The maximum Gasteiger partial charge on any atom is 0.0848 e. The average molecular weight is 225 g/mol. The van der Waals surface area contributed by atoms with E-state index in [4.69, 9.17) is 4.74 Å². The molecule has 2 rings (SSSR count). The number of nitrogens with one attached hydrogen (secondary N) is 1. The molecule has 0 bridgehead atoms. The van der Waals surface area contributed by atoms with Gasteiger partial charge >= 0.3 is 0 Å². The summed E-state index contributed by atoms with van der Waals surface area (Å²) in [6.07, 6.45) is 3.63. The molecule has 0 radical (unpaired) electrons. The van der Waals surface area contributed by atoms with Crippen molar-refractivity contribution in [2.45, 2.75) is 37.8 Å². The first kappa shape index (κ1) is 11.1. The number of ether oxygens (including phenoxy) is 1. The van der Waals surface area contributed by atoms with Crippen molar-refractivity contribution in [2.75, 3.05) is 13.7 Å². The summed E-state index contributed by atoms with van der Waals surface area (Å²) in [5.74, 6) is 0. The zero-order valence-electron chi connectivity index (χ0n) is 9.45. The second-order valence-corrected chi connectivity index (χ2v) is 5.18. The van der Waals surface area contributed by atoms with Crippen molar-refractivity contribution >= 4 is 11.3 Å². The molecule has 0 spiro atoms. The van der Waals surface area contributed by atoms with Gasteiger partial charge in [-0.1, -0.05) is 0 Å². The van der Waals surface area contributed by atoms with Crippen LogP contribution in [0.5, 0.6) is 0 Å². The van der Waals surface area contributed by atoms with Gasteiger partial charge in [-0.05, 0) is 55.6 Å². The number of hydrogen-bond acceptors (Lipinski definition) is 3. The van der Waals surface area contributed by atoms with Crippen LogP contribution in [0.1, 0.15) is 37.8 Å². The highest BCUT2D eigenvalue weighted by Gasteiger charge is 2.36. The quantitative estimate of drug-likeness (QED) is 0.854. The fourth-order valence-electron chi connectivity index (χ4n) is 2.45. The van der Waals surface area contributed by atoms with Crippen molar-refractivity contribution in [3.8, 4) is 0 Å². The van der Waals surface area contributed by atoms with Crippen molar-refractivity contribution in [3.05, 3.63) is 22.4 Å². The first-order valence-electron chi connectivity index (χ1n) is 5.59. The van der Waals surface area contributed by atoms with E-state index in [1.54, 1.807) is 11.3 Å². The Morgan fingerprint density at radius 3 is 2.93 bits per heavy atom. The summed E-state index contributed by atoms with van der Waals surface area (Å²) in [6.45, 7) is 3.13. The maximum absolute atomic E-state index is 5.98.